The average Bonchev–Trinajstić information content (AvgIpc) is 3.34. The van der Waals surface area contributed by atoms with E-state index in [1.807, 2.05) is 23.6 Å². The normalized spacial score (nSPS) is 10.7. The van der Waals surface area contributed by atoms with E-state index in [4.69, 9.17) is 11.6 Å². The van der Waals surface area contributed by atoms with Gasteiger partial charge < -0.3 is 0 Å². The first-order valence-corrected chi connectivity index (χ1v) is 8.79. The van der Waals surface area contributed by atoms with Crippen LogP contribution in [0, 0.1) is 0 Å². The molecule has 3 aromatic heterocycles. The van der Waals surface area contributed by atoms with Crippen LogP contribution in [0.25, 0.3) is 17.1 Å². The van der Waals surface area contributed by atoms with Gasteiger partial charge in [0.15, 0.2) is 10.9 Å². The van der Waals surface area contributed by atoms with Crippen molar-refractivity contribution in [2.45, 2.75) is 0 Å². The molecule has 3 heterocycles. The number of carbonyl (C=O) groups is 1. The number of carbonyl (C=O) groups excluding carboxylic acids is 1. The minimum atomic E-state index is -0.283. The molecule has 128 valence electrons. The Morgan fingerprint density at radius 2 is 2.12 bits per heavy atom. The number of benzene rings is 1. The second-order valence-corrected chi connectivity index (χ2v) is 6.48. The van der Waals surface area contributed by atoms with E-state index < -0.39 is 0 Å². The molecule has 0 spiro atoms. The molecular formula is C17H11ClN6OS. The maximum atomic E-state index is 12.5. The van der Waals surface area contributed by atoms with E-state index in [0.29, 0.717) is 27.2 Å². The van der Waals surface area contributed by atoms with Crippen molar-refractivity contribution < 1.29 is 4.79 Å². The molecule has 0 aliphatic rings. The molecule has 0 aliphatic carbocycles. The number of hydrogen-bond acceptors (Lipinski definition) is 6. The van der Waals surface area contributed by atoms with Crippen molar-refractivity contribution in [3.63, 3.8) is 0 Å². The van der Waals surface area contributed by atoms with Gasteiger partial charge in [-0.3, -0.25) is 10.1 Å². The first-order valence-electron chi connectivity index (χ1n) is 7.53. The number of aromatic nitrogens is 5. The van der Waals surface area contributed by atoms with Crippen molar-refractivity contribution in [3.05, 3.63) is 71.2 Å². The fourth-order valence-corrected chi connectivity index (χ4v) is 3.24. The number of hydrogen-bond donors (Lipinski definition) is 1. The van der Waals surface area contributed by atoms with E-state index in [1.165, 1.54) is 28.7 Å². The molecule has 0 radical (unpaired) electrons. The van der Waals surface area contributed by atoms with Crippen LogP contribution < -0.4 is 5.32 Å². The quantitative estimate of drug-likeness (QED) is 0.581. The molecule has 9 heteroatoms. The maximum Gasteiger partial charge on any atom is 0.257 e. The van der Waals surface area contributed by atoms with Gasteiger partial charge in [-0.05, 0) is 18.2 Å². The molecule has 0 bridgehead atoms. The van der Waals surface area contributed by atoms with Crippen LogP contribution in [0.5, 0.6) is 0 Å². The number of rotatable bonds is 4. The fraction of sp³-hybridized carbons (Fsp3) is 0. The van der Waals surface area contributed by atoms with Crippen LogP contribution >= 0.6 is 22.9 Å². The molecule has 0 aliphatic heterocycles. The number of pyridine rings is 1. The molecule has 26 heavy (non-hydrogen) atoms. The van der Waals surface area contributed by atoms with Gasteiger partial charge in [-0.25, -0.2) is 19.6 Å². The SMILES string of the molecule is O=C(Nc1nc(-c2ccccc2Cl)cs1)c1ccnc(-n2cncn2)c1. The Morgan fingerprint density at radius 3 is 2.92 bits per heavy atom. The molecule has 0 atom stereocenters. The lowest BCUT2D eigenvalue weighted by Gasteiger charge is -2.04. The van der Waals surface area contributed by atoms with Crippen LogP contribution in [0.2, 0.25) is 5.02 Å². The summed E-state index contributed by atoms with van der Waals surface area (Å²) >= 11 is 7.53. The summed E-state index contributed by atoms with van der Waals surface area (Å²) in [7, 11) is 0. The standard InChI is InChI=1S/C17H11ClN6OS/c18-13-4-2-1-3-12(13)14-8-26-17(22-14)23-16(25)11-5-6-20-15(7-11)24-10-19-9-21-24/h1-10H,(H,22,23,25). The molecule has 0 unspecified atom stereocenters. The number of anilines is 1. The highest BCUT2D eigenvalue weighted by Crippen LogP contribution is 2.30. The van der Waals surface area contributed by atoms with Gasteiger partial charge in [0.25, 0.3) is 5.91 Å². The lowest BCUT2D eigenvalue weighted by Crippen LogP contribution is -2.12. The summed E-state index contributed by atoms with van der Waals surface area (Å²) in [5.41, 5.74) is 1.98. The van der Waals surface area contributed by atoms with E-state index in [-0.39, 0.29) is 5.91 Å². The molecule has 4 aromatic rings. The Hall–Kier alpha value is -3.10. The third kappa shape index (κ3) is 3.32. The number of amides is 1. The van der Waals surface area contributed by atoms with Crippen molar-refractivity contribution in [1.29, 1.82) is 0 Å². The maximum absolute atomic E-state index is 12.5. The van der Waals surface area contributed by atoms with Gasteiger partial charge in [0.2, 0.25) is 0 Å². The minimum Gasteiger partial charge on any atom is -0.298 e. The zero-order valence-electron chi connectivity index (χ0n) is 13.2. The first kappa shape index (κ1) is 16.4. The minimum absolute atomic E-state index is 0.283. The molecule has 0 saturated heterocycles. The predicted octanol–water partition coefficient (Wildman–Crippen LogP) is 3.69. The van der Waals surface area contributed by atoms with Crippen molar-refractivity contribution in [3.8, 4) is 17.1 Å². The second kappa shape index (κ2) is 7.03. The lowest BCUT2D eigenvalue weighted by molar-refractivity contribution is 0.102. The van der Waals surface area contributed by atoms with Crippen LogP contribution in [0.1, 0.15) is 10.4 Å². The van der Waals surface area contributed by atoms with Gasteiger partial charge in [0, 0.05) is 27.7 Å². The molecular weight excluding hydrogens is 372 g/mol. The summed E-state index contributed by atoms with van der Waals surface area (Å²) in [5.74, 6) is 0.222. The number of thiazole rings is 1. The summed E-state index contributed by atoms with van der Waals surface area (Å²) in [6.07, 6.45) is 4.46. The second-order valence-electron chi connectivity index (χ2n) is 5.21. The number of nitrogens with zero attached hydrogens (tertiary/aromatic N) is 5. The van der Waals surface area contributed by atoms with Crippen LogP contribution in [0.3, 0.4) is 0 Å². The highest BCUT2D eigenvalue weighted by Gasteiger charge is 2.12. The fourth-order valence-electron chi connectivity index (χ4n) is 2.30. The van der Waals surface area contributed by atoms with E-state index in [1.54, 1.807) is 24.4 Å². The molecule has 1 aromatic carbocycles. The van der Waals surface area contributed by atoms with Crippen molar-refractivity contribution in [2.75, 3.05) is 5.32 Å². The number of halogens is 1. The van der Waals surface area contributed by atoms with Crippen LogP contribution in [0.15, 0.2) is 60.6 Å². The predicted molar refractivity (Wildman–Crippen MR) is 99.7 cm³/mol. The highest BCUT2D eigenvalue weighted by molar-refractivity contribution is 7.14. The van der Waals surface area contributed by atoms with Crippen LogP contribution in [0.4, 0.5) is 5.13 Å². The van der Waals surface area contributed by atoms with E-state index in [0.717, 1.165) is 5.56 Å². The van der Waals surface area contributed by atoms with E-state index in [9.17, 15) is 4.79 Å². The molecule has 4 rings (SSSR count). The monoisotopic (exact) mass is 382 g/mol. The number of nitrogens with one attached hydrogen (secondary N) is 1. The Kier molecular flexibility index (Phi) is 4.42. The van der Waals surface area contributed by atoms with Gasteiger partial charge >= 0.3 is 0 Å². The first-order chi connectivity index (χ1) is 12.7. The summed E-state index contributed by atoms with van der Waals surface area (Å²) in [4.78, 5) is 25.0. The smallest absolute Gasteiger partial charge is 0.257 e. The summed E-state index contributed by atoms with van der Waals surface area (Å²) in [6.45, 7) is 0. The molecule has 1 amide bonds. The van der Waals surface area contributed by atoms with E-state index >= 15 is 0 Å². The molecule has 1 N–H and O–H groups in total. The topological polar surface area (TPSA) is 85.6 Å². The molecule has 0 fully saturated rings. The van der Waals surface area contributed by atoms with Crippen molar-refractivity contribution in [1.82, 2.24) is 24.7 Å². The Morgan fingerprint density at radius 1 is 1.23 bits per heavy atom. The summed E-state index contributed by atoms with van der Waals surface area (Å²) < 4.78 is 1.48. The van der Waals surface area contributed by atoms with Crippen LogP contribution in [-0.2, 0) is 0 Å². The van der Waals surface area contributed by atoms with Gasteiger partial charge in [0.05, 0.1) is 5.69 Å². The van der Waals surface area contributed by atoms with Gasteiger partial charge in [-0.2, -0.15) is 5.10 Å². The zero-order chi connectivity index (χ0) is 17.9. The van der Waals surface area contributed by atoms with E-state index in [2.05, 4.69) is 25.4 Å². The Labute approximate surface area is 157 Å². The highest BCUT2D eigenvalue weighted by atomic mass is 35.5. The Balaban J connectivity index is 1.54. The van der Waals surface area contributed by atoms with Crippen LogP contribution in [-0.4, -0.2) is 30.6 Å². The average molecular weight is 383 g/mol. The van der Waals surface area contributed by atoms with Gasteiger partial charge in [-0.1, -0.05) is 29.8 Å². The van der Waals surface area contributed by atoms with Gasteiger partial charge in [-0.15, -0.1) is 11.3 Å². The third-order valence-electron chi connectivity index (χ3n) is 3.54. The summed E-state index contributed by atoms with van der Waals surface area (Å²) in [6, 6.07) is 10.7. The van der Waals surface area contributed by atoms with Crippen molar-refractivity contribution >= 4 is 34.0 Å². The molecule has 0 saturated carbocycles. The van der Waals surface area contributed by atoms with Crippen molar-refractivity contribution in [2.24, 2.45) is 0 Å². The Bertz CT molecular complexity index is 1060. The largest absolute Gasteiger partial charge is 0.298 e. The van der Waals surface area contributed by atoms with Gasteiger partial charge in [0.1, 0.15) is 12.7 Å². The molecule has 7 nitrogen and oxygen atoms in total. The summed E-state index contributed by atoms with van der Waals surface area (Å²) in [5, 5.41) is 9.75. The third-order valence-corrected chi connectivity index (χ3v) is 4.62. The zero-order valence-corrected chi connectivity index (χ0v) is 14.8. The lowest BCUT2D eigenvalue weighted by atomic mass is 10.2.